The van der Waals surface area contributed by atoms with Gasteiger partial charge < -0.3 is 0 Å². The van der Waals surface area contributed by atoms with E-state index in [9.17, 15) is 0 Å². The first-order valence-corrected chi connectivity index (χ1v) is 7.10. The van der Waals surface area contributed by atoms with Gasteiger partial charge in [-0.15, -0.1) is 10.2 Å². The minimum absolute atomic E-state index is 0.547. The zero-order valence-corrected chi connectivity index (χ0v) is 12.7. The van der Waals surface area contributed by atoms with Crippen molar-refractivity contribution in [1.82, 2.24) is 20.2 Å². The molecule has 21 heavy (non-hydrogen) atoms. The van der Waals surface area contributed by atoms with Crippen LogP contribution < -0.4 is 0 Å². The van der Waals surface area contributed by atoms with Gasteiger partial charge in [-0.1, -0.05) is 47.5 Å². The van der Waals surface area contributed by atoms with Crippen LogP contribution >= 0.6 is 11.6 Å². The van der Waals surface area contributed by atoms with Crippen LogP contribution in [0.15, 0.2) is 42.5 Å². The summed E-state index contributed by atoms with van der Waals surface area (Å²) in [5.74, 6) is 0.547. The molecule has 0 fully saturated rings. The molecule has 0 atom stereocenters. The SMILES string of the molecule is Cc1ccc(C)c(Cn2nnc(-c3ccccc3Cl)n2)c1. The third-order valence-corrected chi connectivity index (χ3v) is 3.71. The number of aromatic nitrogens is 4. The highest BCUT2D eigenvalue weighted by molar-refractivity contribution is 6.33. The van der Waals surface area contributed by atoms with Crippen molar-refractivity contribution in [2.45, 2.75) is 20.4 Å². The van der Waals surface area contributed by atoms with E-state index in [4.69, 9.17) is 11.6 Å². The zero-order chi connectivity index (χ0) is 14.8. The van der Waals surface area contributed by atoms with E-state index >= 15 is 0 Å². The maximum absolute atomic E-state index is 6.16. The Morgan fingerprint density at radius 2 is 1.90 bits per heavy atom. The lowest BCUT2D eigenvalue weighted by Crippen LogP contribution is -2.05. The second kappa shape index (κ2) is 5.66. The highest BCUT2D eigenvalue weighted by atomic mass is 35.5. The van der Waals surface area contributed by atoms with Gasteiger partial charge in [0.15, 0.2) is 0 Å². The molecule has 0 N–H and O–H groups in total. The second-order valence-electron chi connectivity index (χ2n) is 5.05. The smallest absolute Gasteiger partial charge is 0.159 e. The maximum atomic E-state index is 6.16. The molecule has 0 aliphatic rings. The predicted molar refractivity (Wildman–Crippen MR) is 83.3 cm³/mol. The Kier molecular flexibility index (Phi) is 3.71. The molecule has 0 spiro atoms. The van der Waals surface area contributed by atoms with Crippen molar-refractivity contribution in [3.05, 3.63) is 64.2 Å². The normalized spacial score (nSPS) is 10.8. The second-order valence-corrected chi connectivity index (χ2v) is 5.46. The van der Waals surface area contributed by atoms with Crippen molar-refractivity contribution in [2.24, 2.45) is 0 Å². The summed E-state index contributed by atoms with van der Waals surface area (Å²) in [6.07, 6.45) is 0. The van der Waals surface area contributed by atoms with Crippen LogP contribution in [0.4, 0.5) is 0 Å². The van der Waals surface area contributed by atoms with E-state index in [1.165, 1.54) is 16.7 Å². The van der Waals surface area contributed by atoms with Crippen LogP contribution in [0.2, 0.25) is 5.02 Å². The lowest BCUT2D eigenvalue weighted by molar-refractivity contribution is 0.571. The fraction of sp³-hybridized carbons (Fsp3) is 0.188. The van der Waals surface area contributed by atoms with Crippen molar-refractivity contribution in [3.63, 3.8) is 0 Å². The van der Waals surface area contributed by atoms with Crippen molar-refractivity contribution >= 4 is 11.6 Å². The molecule has 0 amide bonds. The Labute approximate surface area is 128 Å². The number of halogens is 1. The summed E-state index contributed by atoms with van der Waals surface area (Å²) in [5.41, 5.74) is 4.43. The average molecular weight is 299 g/mol. The minimum atomic E-state index is 0.547. The Morgan fingerprint density at radius 3 is 2.71 bits per heavy atom. The Hall–Kier alpha value is -2.20. The summed E-state index contributed by atoms with van der Waals surface area (Å²) in [4.78, 5) is 1.60. The first-order chi connectivity index (χ1) is 10.1. The fourth-order valence-corrected chi connectivity index (χ4v) is 2.40. The zero-order valence-electron chi connectivity index (χ0n) is 11.9. The van der Waals surface area contributed by atoms with Crippen LogP contribution in [0.3, 0.4) is 0 Å². The number of aryl methyl sites for hydroxylation is 2. The van der Waals surface area contributed by atoms with Crippen LogP contribution in [-0.2, 0) is 6.54 Å². The third kappa shape index (κ3) is 2.95. The molecule has 4 nitrogen and oxygen atoms in total. The van der Waals surface area contributed by atoms with Gasteiger partial charge >= 0.3 is 0 Å². The van der Waals surface area contributed by atoms with Gasteiger partial charge in [0.05, 0.1) is 11.6 Å². The molecule has 5 heteroatoms. The van der Waals surface area contributed by atoms with Crippen LogP contribution in [0.5, 0.6) is 0 Å². The molecule has 0 radical (unpaired) electrons. The molecular formula is C16H15ClN4. The highest BCUT2D eigenvalue weighted by Crippen LogP contribution is 2.23. The van der Waals surface area contributed by atoms with E-state index in [0.29, 0.717) is 17.4 Å². The van der Waals surface area contributed by atoms with Gasteiger partial charge in [-0.2, -0.15) is 4.80 Å². The number of hydrogen-bond donors (Lipinski definition) is 0. The Balaban J connectivity index is 1.89. The summed E-state index contributed by atoms with van der Waals surface area (Å²) in [5, 5.41) is 13.3. The van der Waals surface area contributed by atoms with Gasteiger partial charge in [-0.05, 0) is 42.3 Å². The molecule has 0 saturated heterocycles. The summed E-state index contributed by atoms with van der Waals surface area (Å²) in [6.45, 7) is 4.76. The van der Waals surface area contributed by atoms with Gasteiger partial charge in [-0.3, -0.25) is 0 Å². The molecule has 0 unspecified atom stereocenters. The van der Waals surface area contributed by atoms with Gasteiger partial charge in [0.25, 0.3) is 0 Å². The topological polar surface area (TPSA) is 43.6 Å². The molecule has 0 saturated carbocycles. The molecule has 2 aromatic carbocycles. The van der Waals surface area contributed by atoms with Crippen molar-refractivity contribution in [2.75, 3.05) is 0 Å². The molecule has 3 aromatic rings. The van der Waals surface area contributed by atoms with Crippen LogP contribution in [0.25, 0.3) is 11.4 Å². The van der Waals surface area contributed by atoms with Crippen molar-refractivity contribution < 1.29 is 0 Å². The van der Waals surface area contributed by atoms with Gasteiger partial charge in [0, 0.05) is 5.56 Å². The largest absolute Gasteiger partial charge is 0.206 e. The van der Waals surface area contributed by atoms with E-state index in [0.717, 1.165) is 5.56 Å². The first kappa shape index (κ1) is 13.8. The first-order valence-electron chi connectivity index (χ1n) is 6.72. The molecule has 1 heterocycles. The number of nitrogens with zero attached hydrogens (tertiary/aromatic N) is 4. The van der Waals surface area contributed by atoms with E-state index in [1.54, 1.807) is 4.80 Å². The summed E-state index contributed by atoms with van der Waals surface area (Å²) < 4.78 is 0. The van der Waals surface area contributed by atoms with Gasteiger partial charge in [0.1, 0.15) is 0 Å². The summed E-state index contributed by atoms with van der Waals surface area (Å²) in [7, 11) is 0. The van der Waals surface area contributed by atoms with E-state index < -0.39 is 0 Å². The van der Waals surface area contributed by atoms with Gasteiger partial charge in [0.2, 0.25) is 5.82 Å². The molecular weight excluding hydrogens is 284 g/mol. The molecule has 1 aromatic heterocycles. The van der Waals surface area contributed by atoms with Crippen LogP contribution in [0, 0.1) is 13.8 Å². The summed E-state index contributed by atoms with van der Waals surface area (Å²) >= 11 is 6.16. The lowest BCUT2D eigenvalue weighted by Gasteiger charge is -2.05. The van der Waals surface area contributed by atoms with Crippen molar-refractivity contribution in [1.29, 1.82) is 0 Å². The summed E-state index contributed by atoms with van der Waals surface area (Å²) in [6, 6.07) is 13.9. The number of hydrogen-bond acceptors (Lipinski definition) is 3. The van der Waals surface area contributed by atoms with E-state index in [2.05, 4.69) is 47.5 Å². The highest BCUT2D eigenvalue weighted by Gasteiger charge is 2.10. The maximum Gasteiger partial charge on any atom is 0.206 e. The Morgan fingerprint density at radius 1 is 1.10 bits per heavy atom. The molecule has 0 aliphatic heterocycles. The quantitative estimate of drug-likeness (QED) is 0.741. The number of tetrazole rings is 1. The predicted octanol–water partition coefficient (Wildman–Crippen LogP) is 3.66. The van der Waals surface area contributed by atoms with Gasteiger partial charge in [-0.25, -0.2) is 0 Å². The van der Waals surface area contributed by atoms with Crippen LogP contribution in [-0.4, -0.2) is 20.2 Å². The molecule has 3 rings (SSSR count). The molecule has 0 aliphatic carbocycles. The standard InChI is InChI=1S/C16H15ClN4/c1-11-7-8-12(2)13(9-11)10-21-19-16(18-20-21)14-5-3-4-6-15(14)17/h3-9H,10H2,1-2H3. The minimum Gasteiger partial charge on any atom is -0.159 e. The number of rotatable bonds is 3. The Bertz CT molecular complexity index is 779. The number of benzene rings is 2. The lowest BCUT2D eigenvalue weighted by atomic mass is 10.1. The van der Waals surface area contributed by atoms with Crippen LogP contribution in [0.1, 0.15) is 16.7 Å². The van der Waals surface area contributed by atoms with E-state index in [-0.39, 0.29) is 0 Å². The molecule has 106 valence electrons. The van der Waals surface area contributed by atoms with Crippen molar-refractivity contribution in [3.8, 4) is 11.4 Å². The van der Waals surface area contributed by atoms with E-state index in [1.807, 2.05) is 24.3 Å². The molecule has 0 bridgehead atoms. The third-order valence-electron chi connectivity index (χ3n) is 3.38. The fourth-order valence-electron chi connectivity index (χ4n) is 2.18. The monoisotopic (exact) mass is 298 g/mol. The average Bonchev–Trinajstić information content (AvgIpc) is 2.92.